The third-order valence-corrected chi connectivity index (χ3v) is 5.66. The van der Waals surface area contributed by atoms with Gasteiger partial charge in [-0.2, -0.15) is 0 Å². The van der Waals surface area contributed by atoms with E-state index in [-0.39, 0.29) is 0 Å². The minimum atomic E-state index is 0.728. The van der Waals surface area contributed by atoms with Crippen LogP contribution in [0.15, 0.2) is 40.8 Å². The van der Waals surface area contributed by atoms with Crippen molar-refractivity contribution in [3.63, 3.8) is 0 Å². The molecule has 0 atom stereocenters. The lowest BCUT2D eigenvalue weighted by molar-refractivity contribution is 0.147. The molecule has 3 aromatic rings. The number of nitrogens with zero attached hydrogens (tertiary/aromatic N) is 2. The van der Waals surface area contributed by atoms with Crippen LogP contribution in [-0.2, 0) is 0 Å². The van der Waals surface area contributed by atoms with E-state index in [1.807, 2.05) is 24.3 Å². The second kappa shape index (κ2) is 7.41. The van der Waals surface area contributed by atoms with E-state index in [2.05, 4.69) is 21.9 Å². The topological polar surface area (TPSA) is 38.1 Å². The quantitative estimate of drug-likeness (QED) is 0.607. The Bertz CT molecular complexity index is 854. The first-order valence-electron chi connectivity index (χ1n) is 10.0. The van der Waals surface area contributed by atoms with Gasteiger partial charge in [0.2, 0.25) is 0 Å². The summed E-state index contributed by atoms with van der Waals surface area (Å²) < 4.78 is 17.9. The van der Waals surface area contributed by atoms with Gasteiger partial charge in [0, 0.05) is 23.9 Å². The first-order chi connectivity index (χ1) is 13.3. The highest BCUT2D eigenvalue weighted by Gasteiger charge is 2.15. The number of hydrogen-bond acceptors (Lipinski definition) is 5. The number of hydrogen-bond donors (Lipinski definition) is 0. The second-order valence-electron chi connectivity index (χ2n) is 7.51. The molecule has 0 amide bonds. The summed E-state index contributed by atoms with van der Waals surface area (Å²) >= 11 is 0. The minimum Gasteiger partial charge on any atom is -0.492 e. The fourth-order valence-corrected chi connectivity index (χ4v) is 3.71. The summed E-state index contributed by atoms with van der Waals surface area (Å²) in [5.41, 5.74) is 1.77. The summed E-state index contributed by atoms with van der Waals surface area (Å²) in [6.07, 6.45) is 2.63. The molecule has 3 heterocycles. The van der Waals surface area contributed by atoms with Gasteiger partial charge in [-0.1, -0.05) is 0 Å². The summed E-state index contributed by atoms with van der Waals surface area (Å²) in [6, 6.07) is 12.1. The van der Waals surface area contributed by atoms with Crippen LogP contribution in [0.25, 0.3) is 21.9 Å². The van der Waals surface area contributed by atoms with Gasteiger partial charge in [0.05, 0.1) is 0 Å². The summed E-state index contributed by atoms with van der Waals surface area (Å²) in [5, 5.41) is 2.17. The zero-order chi connectivity index (χ0) is 18.1. The average Bonchev–Trinajstić information content (AvgIpc) is 2.96. The Morgan fingerprint density at radius 3 is 1.59 bits per heavy atom. The van der Waals surface area contributed by atoms with Crippen molar-refractivity contribution < 1.29 is 13.9 Å². The van der Waals surface area contributed by atoms with Crippen LogP contribution in [0.4, 0.5) is 0 Å². The standard InChI is InChI=1S/C22H26N2O3/c1-7-23(8-1)11-13-25-17-3-5-21-19(15-17)20-16-18(4-6-22(20)27-21)26-14-12-24-9-2-10-24/h3-6,15-16H,1-2,7-14H2. The summed E-state index contributed by atoms with van der Waals surface area (Å²) in [6.45, 7) is 8.27. The van der Waals surface area contributed by atoms with Crippen LogP contribution in [0.1, 0.15) is 12.8 Å². The highest BCUT2D eigenvalue weighted by Crippen LogP contribution is 2.33. The number of ether oxygens (including phenoxy) is 2. The minimum absolute atomic E-state index is 0.728. The Kier molecular flexibility index (Phi) is 4.64. The molecule has 2 aliphatic rings. The van der Waals surface area contributed by atoms with Crippen LogP contribution < -0.4 is 9.47 Å². The van der Waals surface area contributed by atoms with Crippen LogP contribution in [-0.4, -0.2) is 62.3 Å². The van der Waals surface area contributed by atoms with Gasteiger partial charge in [0.25, 0.3) is 0 Å². The van der Waals surface area contributed by atoms with E-state index in [0.717, 1.165) is 59.7 Å². The van der Waals surface area contributed by atoms with Gasteiger partial charge in [0.15, 0.2) is 0 Å². The van der Waals surface area contributed by atoms with Crippen LogP contribution in [0.2, 0.25) is 0 Å². The Labute approximate surface area is 159 Å². The fraction of sp³-hybridized carbons (Fsp3) is 0.455. The van der Waals surface area contributed by atoms with Crippen molar-refractivity contribution in [1.29, 1.82) is 0 Å². The van der Waals surface area contributed by atoms with Gasteiger partial charge in [-0.15, -0.1) is 0 Å². The number of furan rings is 1. The lowest BCUT2D eigenvalue weighted by Crippen LogP contribution is -2.39. The van der Waals surface area contributed by atoms with Crippen molar-refractivity contribution >= 4 is 21.9 Å². The number of likely N-dealkylation sites (tertiary alicyclic amines) is 2. The molecule has 2 saturated heterocycles. The highest BCUT2D eigenvalue weighted by molar-refractivity contribution is 6.05. The maximum absolute atomic E-state index is 5.97. The molecule has 5 rings (SSSR count). The summed E-state index contributed by atoms with van der Waals surface area (Å²) in [5.74, 6) is 1.80. The first kappa shape index (κ1) is 16.9. The van der Waals surface area contributed by atoms with Gasteiger partial charge in [-0.05, 0) is 75.4 Å². The molecule has 0 bridgehead atoms. The van der Waals surface area contributed by atoms with Gasteiger partial charge < -0.3 is 13.9 Å². The van der Waals surface area contributed by atoms with E-state index in [1.165, 1.54) is 39.0 Å². The third-order valence-electron chi connectivity index (χ3n) is 5.66. The fourth-order valence-electron chi connectivity index (χ4n) is 3.71. The lowest BCUT2D eigenvalue weighted by atomic mass is 10.1. The number of rotatable bonds is 8. The van der Waals surface area contributed by atoms with Crippen molar-refractivity contribution in [2.45, 2.75) is 12.8 Å². The van der Waals surface area contributed by atoms with E-state index >= 15 is 0 Å². The molecule has 27 heavy (non-hydrogen) atoms. The van der Waals surface area contributed by atoms with E-state index in [9.17, 15) is 0 Å². The smallest absolute Gasteiger partial charge is 0.135 e. The molecule has 2 fully saturated rings. The molecule has 0 saturated carbocycles. The molecule has 2 aliphatic heterocycles. The monoisotopic (exact) mass is 366 g/mol. The molecule has 0 aliphatic carbocycles. The maximum atomic E-state index is 5.97. The van der Waals surface area contributed by atoms with Crippen LogP contribution in [0.3, 0.4) is 0 Å². The van der Waals surface area contributed by atoms with Gasteiger partial charge in [-0.25, -0.2) is 0 Å². The third kappa shape index (κ3) is 3.62. The highest BCUT2D eigenvalue weighted by atomic mass is 16.5. The van der Waals surface area contributed by atoms with Crippen LogP contribution in [0.5, 0.6) is 11.5 Å². The Morgan fingerprint density at radius 1 is 0.704 bits per heavy atom. The van der Waals surface area contributed by atoms with E-state index < -0.39 is 0 Å². The van der Waals surface area contributed by atoms with Gasteiger partial charge >= 0.3 is 0 Å². The van der Waals surface area contributed by atoms with Crippen molar-refractivity contribution in [1.82, 2.24) is 9.80 Å². The molecule has 0 radical (unpaired) electrons. The Balaban J connectivity index is 1.30. The predicted molar refractivity (Wildman–Crippen MR) is 107 cm³/mol. The predicted octanol–water partition coefficient (Wildman–Crippen LogP) is 3.76. The molecule has 0 N–H and O–H groups in total. The van der Waals surface area contributed by atoms with Crippen molar-refractivity contribution in [3.05, 3.63) is 36.4 Å². The molecule has 0 unspecified atom stereocenters. The Morgan fingerprint density at radius 2 is 1.19 bits per heavy atom. The SMILES string of the molecule is c1cc2oc3ccc(OCCN4CCC4)cc3c2cc1OCCN1CCC1. The van der Waals surface area contributed by atoms with Crippen LogP contribution in [0, 0.1) is 0 Å². The molecular formula is C22H26N2O3. The van der Waals surface area contributed by atoms with Gasteiger partial charge in [-0.3, -0.25) is 9.80 Å². The van der Waals surface area contributed by atoms with Crippen molar-refractivity contribution in [3.8, 4) is 11.5 Å². The normalized spacial score (nSPS) is 17.8. The number of benzene rings is 2. The van der Waals surface area contributed by atoms with E-state index in [4.69, 9.17) is 13.9 Å². The first-order valence-corrected chi connectivity index (χ1v) is 10.0. The van der Waals surface area contributed by atoms with Crippen LogP contribution >= 0.6 is 0 Å². The second-order valence-corrected chi connectivity index (χ2v) is 7.51. The maximum Gasteiger partial charge on any atom is 0.135 e. The van der Waals surface area contributed by atoms with E-state index in [0.29, 0.717) is 0 Å². The molecule has 142 valence electrons. The Hall–Kier alpha value is -2.24. The van der Waals surface area contributed by atoms with Crippen molar-refractivity contribution in [2.24, 2.45) is 0 Å². The molecule has 5 nitrogen and oxygen atoms in total. The molecule has 1 aromatic heterocycles. The van der Waals surface area contributed by atoms with Gasteiger partial charge in [0.1, 0.15) is 35.9 Å². The molecule has 5 heteroatoms. The average molecular weight is 366 g/mol. The van der Waals surface area contributed by atoms with E-state index in [1.54, 1.807) is 0 Å². The molecule has 0 spiro atoms. The number of fused-ring (bicyclic) bond motifs is 3. The zero-order valence-corrected chi connectivity index (χ0v) is 15.7. The van der Waals surface area contributed by atoms with Crippen molar-refractivity contribution in [2.75, 3.05) is 52.5 Å². The summed E-state index contributed by atoms with van der Waals surface area (Å²) in [4.78, 5) is 4.82. The molecule has 2 aromatic carbocycles. The largest absolute Gasteiger partial charge is 0.492 e. The zero-order valence-electron chi connectivity index (χ0n) is 15.7. The summed E-state index contributed by atoms with van der Waals surface area (Å²) in [7, 11) is 0. The lowest BCUT2D eigenvalue weighted by Gasteiger charge is -2.30. The molecular weight excluding hydrogens is 340 g/mol.